The highest BCUT2D eigenvalue weighted by atomic mass is 16.3. The number of aldehydes is 1. The van der Waals surface area contributed by atoms with E-state index in [1.54, 1.807) is 0 Å². The molecule has 0 aromatic rings. The molecule has 1 aliphatic carbocycles. The van der Waals surface area contributed by atoms with Gasteiger partial charge in [0.15, 0.2) is 0 Å². The predicted octanol–water partition coefficient (Wildman–Crippen LogP) is 1.68. The summed E-state index contributed by atoms with van der Waals surface area (Å²) in [5, 5.41) is 8.94. The van der Waals surface area contributed by atoms with Crippen LogP contribution in [0.15, 0.2) is 11.6 Å². The summed E-state index contributed by atoms with van der Waals surface area (Å²) in [7, 11) is 0. The van der Waals surface area contributed by atoms with Crippen LogP contribution in [0, 0.1) is 5.92 Å². The molecule has 0 radical (unpaired) electrons. The van der Waals surface area contributed by atoms with Gasteiger partial charge in [0, 0.05) is 6.61 Å². The molecule has 0 aromatic carbocycles. The first kappa shape index (κ1) is 9.46. The largest absolute Gasteiger partial charge is 0.396 e. The third-order valence-corrected chi connectivity index (χ3v) is 2.47. The van der Waals surface area contributed by atoms with Crippen LogP contribution >= 0.6 is 0 Å². The van der Waals surface area contributed by atoms with Crippen LogP contribution in [0.5, 0.6) is 0 Å². The molecule has 0 heterocycles. The van der Waals surface area contributed by atoms with Gasteiger partial charge in [0.1, 0.15) is 6.29 Å². The second kappa shape index (κ2) is 5.09. The van der Waals surface area contributed by atoms with Crippen molar-refractivity contribution < 1.29 is 9.90 Å². The quantitative estimate of drug-likeness (QED) is 0.637. The summed E-state index contributed by atoms with van der Waals surface area (Å²) in [6.45, 7) is 0.296. The number of aliphatic hydroxyl groups is 1. The molecule has 1 atom stereocenters. The SMILES string of the molecule is O=C/C1=C/CCC(CO)CCC1. The summed E-state index contributed by atoms with van der Waals surface area (Å²) in [5.41, 5.74) is 0.936. The molecule has 0 aliphatic heterocycles. The van der Waals surface area contributed by atoms with E-state index in [1.165, 1.54) is 0 Å². The molecule has 1 N–H and O–H groups in total. The second-order valence-electron chi connectivity index (χ2n) is 3.42. The van der Waals surface area contributed by atoms with E-state index in [9.17, 15) is 4.79 Å². The second-order valence-corrected chi connectivity index (χ2v) is 3.42. The number of hydrogen-bond donors (Lipinski definition) is 1. The Bertz CT molecular complexity index is 173. The van der Waals surface area contributed by atoms with Gasteiger partial charge in [0.05, 0.1) is 0 Å². The number of rotatable bonds is 2. The Hall–Kier alpha value is -0.630. The summed E-state index contributed by atoms with van der Waals surface area (Å²) in [5.74, 6) is 0.453. The standard InChI is InChI=1S/C10H16O2/c11-7-9-3-1-4-10(8-12)6-2-5-9/h3,7,10,12H,1-2,4-6,8H2/b9-3+. The lowest BCUT2D eigenvalue weighted by Crippen LogP contribution is -2.07. The van der Waals surface area contributed by atoms with Gasteiger partial charge in [-0.25, -0.2) is 0 Å². The van der Waals surface area contributed by atoms with Crippen molar-refractivity contribution in [1.29, 1.82) is 0 Å². The van der Waals surface area contributed by atoms with Crippen molar-refractivity contribution in [3.05, 3.63) is 11.6 Å². The van der Waals surface area contributed by atoms with E-state index in [2.05, 4.69) is 0 Å². The molecule has 0 saturated heterocycles. The minimum atomic E-state index is 0.296. The third kappa shape index (κ3) is 2.78. The van der Waals surface area contributed by atoms with E-state index >= 15 is 0 Å². The van der Waals surface area contributed by atoms with Crippen molar-refractivity contribution in [2.75, 3.05) is 6.61 Å². The molecular weight excluding hydrogens is 152 g/mol. The maximum atomic E-state index is 10.5. The fourth-order valence-corrected chi connectivity index (χ4v) is 1.64. The maximum Gasteiger partial charge on any atom is 0.145 e. The molecule has 2 heteroatoms. The normalized spacial score (nSPS) is 29.8. The molecule has 0 saturated carbocycles. The Morgan fingerprint density at radius 2 is 2.42 bits per heavy atom. The molecule has 68 valence electrons. The fraction of sp³-hybridized carbons (Fsp3) is 0.700. The number of carbonyl (C=O) groups excluding carboxylic acids is 1. The van der Waals surface area contributed by atoms with E-state index in [-0.39, 0.29) is 0 Å². The molecule has 0 spiro atoms. The van der Waals surface area contributed by atoms with Crippen molar-refractivity contribution >= 4 is 6.29 Å². The number of allylic oxidation sites excluding steroid dienone is 2. The highest BCUT2D eigenvalue weighted by Gasteiger charge is 2.09. The van der Waals surface area contributed by atoms with Crippen LogP contribution in [-0.4, -0.2) is 18.0 Å². The smallest absolute Gasteiger partial charge is 0.145 e. The van der Waals surface area contributed by atoms with Gasteiger partial charge < -0.3 is 5.11 Å². The van der Waals surface area contributed by atoms with Crippen LogP contribution in [0.25, 0.3) is 0 Å². The Morgan fingerprint density at radius 1 is 1.58 bits per heavy atom. The molecule has 0 bridgehead atoms. The summed E-state index contributed by atoms with van der Waals surface area (Å²) in [6, 6.07) is 0. The van der Waals surface area contributed by atoms with Crippen molar-refractivity contribution in [3.63, 3.8) is 0 Å². The van der Waals surface area contributed by atoms with Crippen molar-refractivity contribution in [3.8, 4) is 0 Å². The highest BCUT2D eigenvalue weighted by Crippen LogP contribution is 2.20. The average Bonchev–Trinajstić information content (AvgIpc) is 2.05. The van der Waals surface area contributed by atoms with E-state index in [1.807, 2.05) is 6.08 Å². The van der Waals surface area contributed by atoms with Gasteiger partial charge in [-0.3, -0.25) is 4.79 Å². The summed E-state index contributed by atoms with van der Waals surface area (Å²) >= 11 is 0. The lowest BCUT2D eigenvalue weighted by atomic mass is 9.92. The van der Waals surface area contributed by atoms with Gasteiger partial charge in [-0.15, -0.1) is 0 Å². The van der Waals surface area contributed by atoms with Crippen LogP contribution in [0.4, 0.5) is 0 Å². The molecule has 1 aliphatic rings. The van der Waals surface area contributed by atoms with E-state index in [4.69, 9.17) is 5.11 Å². The van der Waals surface area contributed by atoms with Gasteiger partial charge in [0.2, 0.25) is 0 Å². The average molecular weight is 168 g/mol. The Morgan fingerprint density at radius 3 is 3.08 bits per heavy atom. The van der Waals surface area contributed by atoms with Crippen LogP contribution in [0.2, 0.25) is 0 Å². The van der Waals surface area contributed by atoms with Gasteiger partial charge in [-0.1, -0.05) is 6.08 Å². The number of hydrogen-bond acceptors (Lipinski definition) is 2. The first-order valence-corrected chi connectivity index (χ1v) is 4.62. The summed E-state index contributed by atoms with van der Waals surface area (Å²) in [6.07, 6.45) is 7.92. The van der Waals surface area contributed by atoms with Gasteiger partial charge >= 0.3 is 0 Å². The van der Waals surface area contributed by atoms with Crippen LogP contribution in [-0.2, 0) is 4.79 Å². The fourth-order valence-electron chi connectivity index (χ4n) is 1.64. The lowest BCUT2D eigenvalue weighted by Gasteiger charge is -2.15. The third-order valence-electron chi connectivity index (χ3n) is 2.47. The molecular formula is C10H16O2. The summed E-state index contributed by atoms with van der Waals surface area (Å²) in [4.78, 5) is 10.5. The monoisotopic (exact) mass is 168 g/mol. The first-order chi connectivity index (χ1) is 5.86. The molecule has 1 rings (SSSR count). The minimum absolute atomic E-state index is 0.296. The van der Waals surface area contributed by atoms with Gasteiger partial charge in [-0.05, 0) is 43.6 Å². The van der Waals surface area contributed by atoms with Crippen molar-refractivity contribution in [2.45, 2.75) is 32.1 Å². The van der Waals surface area contributed by atoms with Crippen molar-refractivity contribution in [2.24, 2.45) is 5.92 Å². The van der Waals surface area contributed by atoms with Crippen LogP contribution < -0.4 is 0 Å². The Balaban J connectivity index is 2.44. The number of aliphatic hydroxyl groups excluding tert-OH is 1. The van der Waals surface area contributed by atoms with E-state index in [0.29, 0.717) is 12.5 Å². The molecule has 2 nitrogen and oxygen atoms in total. The molecule has 0 amide bonds. The Kier molecular flexibility index (Phi) is 4.01. The molecule has 0 aromatic heterocycles. The number of carbonyl (C=O) groups is 1. The van der Waals surface area contributed by atoms with Crippen LogP contribution in [0.1, 0.15) is 32.1 Å². The highest BCUT2D eigenvalue weighted by molar-refractivity contribution is 5.72. The Labute approximate surface area is 73.3 Å². The van der Waals surface area contributed by atoms with Crippen LogP contribution in [0.3, 0.4) is 0 Å². The minimum Gasteiger partial charge on any atom is -0.396 e. The van der Waals surface area contributed by atoms with E-state index in [0.717, 1.165) is 44.0 Å². The van der Waals surface area contributed by atoms with Crippen molar-refractivity contribution in [1.82, 2.24) is 0 Å². The molecule has 0 fully saturated rings. The zero-order chi connectivity index (χ0) is 8.81. The molecule has 12 heavy (non-hydrogen) atoms. The van der Waals surface area contributed by atoms with Gasteiger partial charge in [-0.2, -0.15) is 0 Å². The summed E-state index contributed by atoms with van der Waals surface area (Å²) < 4.78 is 0. The van der Waals surface area contributed by atoms with Gasteiger partial charge in [0.25, 0.3) is 0 Å². The predicted molar refractivity (Wildman–Crippen MR) is 47.8 cm³/mol. The zero-order valence-electron chi connectivity index (χ0n) is 7.33. The maximum absolute atomic E-state index is 10.5. The molecule has 1 unspecified atom stereocenters. The van der Waals surface area contributed by atoms with E-state index < -0.39 is 0 Å². The lowest BCUT2D eigenvalue weighted by molar-refractivity contribution is -0.105. The topological polar surface area (TPSA) is 37.3 Å². The first-order valence-electron chi connectivity index (χ1n) is 4.62. The zero-order valence-corrected chi connectivity index (χ0v) is 7.33.